The van der Waals surface area contributed by atoms with Crippen molar-refractivity contribution < 1.29 is 4.74 Å². The average molecular weight is 228 g/mol. The van der Waals surface area contributed by atoms with Gasteiger partial charge in [0.15, 0.2) is 0 Å². The van der Waals surface area contributed by atoms with Gasteiger partial charge in [0.25, 0.3) is 0 Å². The number of rotatable bonds is 6. The number of nitrogens with one attached hydrogen (secondary N) is 1. The molecule has 0 radical (unpaired) electrons. The van der Waals surface area contributed by atoms with E-state index in [9.17, 15) is 0 Å². The highest BCUT2D eigenvalue weighted by Gasteiger charge is 2.23. The summed E-state index contributed by atoms with van der Waals surface area (Å²) in [6.45, 7) is 14.1. The van der Waals surface area contributed by atoms with E-state index in [1.54, 1.807) is 0 Å². The topological polar surface area (TPSA) is 24.5 Å². The maximum Gasteiger partial charge on any atom is 0.0619 e. The van der Waals surface area contributed by atoms with Crippen LogP contribution in [-0.4, -0.2) is 49.8 Å². The molecule has 0 saturated carbocycles. The zero-order valence-electron chi connectivity index (χ0n) is 11.3. The Bertz CT molecular complexity index is 185. The second kappa shape index (κ2) is 7.25. The Hall–Kier alpha value is -0.120. The van der Waals surface area contributed by atoms with E-state index in [0.717, 1.165) is 32.2 Å². The van der Waals surface area contributed by atoms with Gasteiger partial charge in [-0.15, -0.1) is 0 Å². The first-order valence-electron chi connectivity index (χ1n) is 6.68. The molecule has 0 aromatic rings. The maximum absolute atomic E-state index is 5.50. The van der Waals surface area contributed by atoms with Crippen LogP contribution in [0, 0.1) is 5.92 Å². The summed E-state index contributed by atoms with van der Waals surface area (Å²) < 4.78 is 5.50. The normalized spacial score (nSPS) is 24.9. The van der Waals surface area contributed by atoms with Crippen LogP contribution in [0.5, 0.6) is 0 Å². The quantitative estimate of drug-likeness (QED) is 0.749. The number of hydrogen-bond donors (Lipinski definition) is 1. The molecule has 3 heteroatoms. The lowest BCUT2D eigenvalue weighted by atomic mass is 10.0. The van der Waals surface area contributed by atoms with Gasteiger partial charge in [0.05, 0.1) is 6.61 Å². The van der Waals surface area contributed by atoms with E-state index in [1.165, 1.54) is 13.0 Å². The molecule has 0 bridgehead atoms. The molecule has 0 aromatic carbocycles. The van der Waals surface area contributed by atoms with Gasteiger partial charge in [0, 0.05) is 38.3 Å². The van der Waals surface area contributed by atoms with Gasteiger partial charge in [-0.25, -0.2) is 0 Å². The van der Waals surface area contributed by atoms with E-state index in [0.29, 0.717) is 12.1 Å². The molecule has 16 heavy (non-hydrogen) atoms. The lowest BCUT2D eigenvalue weighted by molar-refractivity contribution is 0.0562. The molecule has 1 saturated heterocycles. The van der Waals surface area contributed by atoms with E-state index in [4.69, 9.17) is 4.74 Å². The fraction of sp³-hybridized carbons (Fsp3) is 1.00. The van der Waals surface area contributed by atoms with E-state index in [2.05, 4.69) is 37.9 Å². The van der Waals surface area contributed by atoms with Crippen LogP contribution < -0.4 is 5.32 Å². The van der Waals surface area contributed by atoms with Crippen molar-refractivity contribution in [3.63, 3.8) is 0 Å². The first kappa shape index (κ1) is 13.9. The molecule has 2 atom stereocenters. The molecule has 1 rings (SSSR count). The number of ether oxygens (including phenoxy) is 1. The molecule has 1 aliphatic rings. The summed E-state index contributed by atoms with van der Waals surface area (Å²) in [5, 5.41) is 3.61. The van der Waals surface area contributed by atoms with Crippen LogP contribution in [0.1, 0.15) is 34.1 Å². The molecule has 3 nitrogen and oxygen atoms in total. The van der Waals surface area contributed by atoms with Crippen LogP contribution in [0.4, 0.5) is 0 Å². The van der Waals surface area contributed by atoms with Gasteiger partial charge in [-0.3, -0.25) is 4.90 Å². The lowest BCUT2D eigenvalue weighted by Crippen LogP contribution is -2.54. The predicted octanol–water partition coefficient (Wildman–Crippen LogP) is 1.73. The minimum absolute atomic E-state index is 0.553. The Morgan fingerprint density at radius 2 is 2.12 bits per heavy atom. The molecule has 0 aromatic heterocycles. The SMILES string of the molecule is CCOCC(C)N1CCNC(CC(C)C)C1. The van der Waals surface area contributed by atoms with Crippen LogP contribution in [0.25, 0.3) is 0 Å². The van der Waals surface area contributed by atoms with Crippen molar-refractivity contribution >= 4 is 0 Å². The van der Waals surface area contributed by atoms with Gasteiger partial charge in [0.2, 0.25) is 0 Å². The molecule has 1 fully saturated rings. The fourth-order valence-electron chi connectivity index (χ4n) is 2.37. The molecule has 0 amide bonds. The highest BCUT2D eigenvalue weighted by molar-refractivity contribution is 4.82. The molecule has 96 valence electrons. The fourth-order valence-corrected chi connectivity index (χ4v) is 2.37. The van der Waals surface area contributed by atoms with Crippen LogP contribution >= 0.6 is 0 Å². The Morgan fingerprint density at radius 1 is 1.38 bits per heavy atom. The standard InChI is InChI=1S/C13H28N2O/c1-5-16-10-12(4)15-7-6-14-13(9-15)8-11(2)3/h11-14H,5-10H2,1-4H3. The Kier molecular flexibility index (Phi) is 6.32. The Balaban J connectivity index is 2.31. The predicted molar refractivity (Wildman–Crippen MR) is 68.8 cm³/mol. The van der Waals surface area contributed by atoms with Gasteiger partial charge in [-0.1, -0.05) is 13.8 Å². The van der Waals surface area contributed by atoms with Crippen LogP contribution in [-0.2, 0) is 4.74 Å². The second-order valence-corrected chi connectivity index (χ2v) is 5.28. The molecule has 2 unspecified atom stereocenters. The number of piperazine rings is 1. The van der Waals surface area contributed by atoms with Crippen LogP contribution in [0.2, 0.25) is 0 Å². The zero-order valence-corrected chi connectivity index (χ0v) is 11.3. The van der Waals surface area contributed by atoms with Gasteiger partial charge >= 0.3 is 0 Å². The van der Waals surface area contributed by atoms with Crippen molar-refractivity contribution in [3.8, 4) is 0 Å². The van der Waals surface area contributed by atoms with Gasteiger partial charge in [-0.2, -0.15) is 0 Å². The molecular formula is C13H28N2O. The molecule has 0 spiro atoms. The van der Waals surface area contributed by atoms with E-state index in [1.807, 2.05) is 0 Å². The highest BCUT2D eigenvalue weighted by atomic mass is 16.5. The monoisotopic (exact) mass is 228 g/mol. The van der Waals surface area contributed by atoms with Crippen molar-refractivity contribution in [2.24, 2.45) is 5.92 Å². The van der Waals surface area contributed by atoms with Gasteiger partial charge < -0.3 is 10.1 Å². The third kappa shape index (κ3) is 4.81. The van der Waals surface area contributed by atoms with Crippen LogP contribution in [0.15, 0.2) is 0 Å². The summed E-state index contributed by atoms with van der Waals surface area (Å²) in [7, 11) is 0. The van der Waals surface area contributed by atoms with E-state index >= 15 is 0 Å². The first-order chi connectivity index (χ1) is 7.63. The van der Waals surface area contributed by atoms with Crippen molar-refractivity contribution in [2.45, 2.75) is 46.2 Å². The molecule has 1 N–H and O–H groups in total. The summed E-state index contributed by atoms with van der Waals surface area (Å²) in [5.74, 6) is 0.777. The minimum atomic E-state index is 0.553. The Labute approximate surface area is 101 Å². The first-order valence-corrected chi connectivity index (χ1v) is 6.68. The van der Waals surface area contributed by atoms with Crippen molar-refractivity contribution in [3.05, 3.63) is 0 Å². The van der Waals surface area contributed by atoms with Crippen molar-refractivity contribution in [2.75, 3.05) is 32.8 Å². The maximum atomic E-state index is 5.50. The number of hydrogen-bond acceptors (Lipinski definition) is 3. The third-order valence-corrected chi connectivity index (χ3v) is 3.23. The zero-order chi connectivity index (χ0) is 12.0. The Morgan fingerprint density at radius 3 is 2.75 bits per heavy atom. The van der Waals surface area contributed by atoms with E-state index < -0.39 is 0 Å². The van der Waals surface area contributed by atoms with Gasteiger partial charge in [-0.05, 0) is 26.2 Å². The average Bonchev–Trinajstić information content (AvgIpc) is 2.25. The second-order valence-electron chi connectivity index (χ2n) is 5.28. The largest absolute Gasteiger partial charge is 0.380 e. The third-order valence-electron chi connectivity index (χ3n) is 3.23. The van der Waals surface area contributed by atoms with Crippen molar-refractivity contribution in [1.82, 2.24) is 10.2 Å². The van der Waals surface area contributed by atoms with Crippen molar-refractivity contribution in [1.29, 1.82) is 0 Å². The van der Waals surface area contributed by atoms with Gasteiger partial charge in [0.1, 0.15) is 0 Å². The number of nitrogens with zero attached hydrogens (tertiary/aromatic N) is 1. The highest BCUT2D eigenvalue weighted by Crippen LogP contribution is 2.11. The summed E-state index contributed by atoms with van der Waals surface area (Å²) in [4.78, 5) is 2.55. The molecule has 1 aliphatic heterocycles. The summed E-state index contributed by atoms with van der Waals surface area (Å²) in [5.41, 5.74) is 0. The molecule has 1 heterocycles. The summed E-state index contributed by atoms with van der Waals surface area (Å²) >= 11 is 0. The molecule has 0 aliphatic carbocycles. The minimum Gasteiger partial charge on any atom is -0.380 e. The molecular weight excluding hydrogens is 200 g/mol. The van der Waals surface area contributed by atoms with E-state index in [-0.39, 0.29) is 0 Å². The van der Waals surface area contributed by atoms with Crippen LogP contribution in [0.3, 0.4) is 0 Å². The summed E-state index contributed by atoms with van der Waals surface area (Å²) in [6, 6.07) is 1.22. The lowest BCUT2D eigenvalue weighted by Gasteiger charge is -2.38. The summed E-state index contributed by atoms with van der Waals surface area (Å²) in [6.07, 6.45) is 1.28. The smallest absolute Gasteiger partial charge is 0.0619 e.